The van der Waals surface area contributed by atoms with E-state index in [-0.39, 0.29) is 0 Å². The molecule has 2 heterocycles. The molecule has 0 bridgehead atoms. The van der Waals surface area contributed by atoms with E-state index in [0.29, 0.717) is 5.75 Å². The summed E-state index contributed by atoms with van der Waals surface area (Å²) < 4.78 is 0. The lowest BCUT2D eigenvalue weighted by atomic mass is 9.90. The van der Waals surface area contributed by atoms with E-state index in [4.69, 9.17) is 0 Å². The van der Waals surface area contributed by atoms with Crippen molar-refractivity contribution >= 4 is 17.6 Å². The molecule has 0 atom stereocenters. The Morgan fingerprint density at radius 2 is 2.08 bits per heavy atom. The number of hydrogen-bond acceptors (Lipinski definition) is 5. The van der Waals surface area contributed by atoms with Crippen LogP contribution in [0.15, 0.2) is 35.6 Å². The van der Waals surface area contributed by atoms with E-state index in [0.717, 1.165) is 50.0 Å². The molecule has 0 saturated carbocycles. The summed E-state index contributed by atoms with van der Waals surface area (Å²) in [6.07, 6.45) is 14.8. The number of anilines is 2. The summed E-state index contributed by atoms with van der Waals surface area (Å²) in [6.45, 7) is 2.22. The van der Waals surface area contributed by atoms with E-state index in [2.05, 4.69) is 21.4 Å². The maximum atomic E-state index is 10.8. The quantitative estimate of drug-likeness (QED) is 0.474. The van der Waals surface area contributed by atoms with Gasteiger partial charge in [-0.15, -0.1) is 0 Å². The third kappa shape index (κ3) is 3.81. The minimum absolute atomic E-state index is 0.400. The molecule has 1 aromatic carbocycles. The number of benzene rings is 1. The molecular weight excluding hydrogens is 312 g/mol. The highest BCUT2D eigenvalue weighted by molar-refractivity contribution is 5.76. The van der Waals surface area contributed by atoms with Gasteiger partial charge < -0.3 is 15.3 Å². The van der Waals surface area contributed by atoms with Gasteiger partial charge in [0.1, 0.15) is 11.4 Å². The first-order valence-electron chi connectivity index (χ1n) is 9.10. The number of hydrogen-bond donors (Lipinski definition) is 2. The molecule has 2 aliphatic heterocycles. The lowest BCUT2D eigenvalue weighted by Crippen LogP contribution is -2.34. The molecule has 25 heavy (non-hydrogen) atoms. The van der Waals surface area contributed by atoms with Gasteiger partial charge in [-0.3, -0.25) is 5.01 Å². The van der Waals surface area contributed by atoms with Gasteiger partial charge in [0.2, 0.25) is 0 Å². The molecule has 3 rings (SSSR count). The number of phenolic OH excluding ortho intramolecular Hbond substituents is 1. The van der Waals surface area contributed by atoms with Gasteiger partial charge in [-0.25, -0.2) is 0 Å². The molecule has 0 unspecified atom stereocenters. The van der Waals surface area contributed by atoms with Gasteiger partial charge in [0.25, 0.3) is 0 Å². The molecule has 0 aliphatic carbocycles. The fraction of sp³-hybridized carbons (Fsp3) is 0.450. The van der Waals surface area contributed by atoms with Crippen LogP contribution in [-0.2, 0) is 12.8 Å². The molecule has 2 N–H and O–H groups in total. The van der Waals surface area contributed by atoms with Crippen LogP contribution in [0.25, 0.3) is 0 Å². The zero-order chi connectivity index (χ0) is 17.6. The van der Waals surface area contributed by atoms with E-state index in [9.17, 15) is 5.11 Å². The van der Waals surface area contributed by atoms with Gasteiger partial charge in [0, 0.05) is 51.1 Å². The molecule has 0 aromatic heterocycles. The van der Waals surface area contributed by atoms with Crippen molar-refractivity contribution in [2.45, 2.75) is 32.1 Å². The topological polar surface area (TPSA) is 51.1 Å². The van der Waals surface area contributed by atoms with Crippen molar-refractivity contribution in [3.8, 4) is 5.75 Å². The van der Waals surface area contributed by atoms with E-state index in [1.807, 2.05) is 44.7 Å². The minimum Gasteiger partial charge on any atom is -0.505 e. The van der Waals surface area contributed by atoms with Crippen molar-refractivity contribution in [1.82, 2.24) is 5.32 Å². The van der Waals surface area contributed by atoms with Crippen LogP contribution in [0.2, 0.25) is 0 Å². The van der Waals surface area contributed by atoms with Gasteiger partial charge in [-0.1, -0.05) is 12.2 Å². The van der Waals surface area contributed by atoms with E-state index < -0.39 is 0 Å². The SMILES string of the molecule is CN/C=C\C=C/C/C=N/N(C)c1cc2c3c(c1O)CCCN3CCC2. The Labute approximate surface area is 150 Å². The molecule has 0 saturated heterocycles. The molecule has 134 valence electrons. The number of nitrogens with one attached hydrogen (secondary N) is 1. The number of phenols is 1. The van der Waals surface area contributed by atoms with Gasteiger partial charge >= 0.3 is 0 Å². The van der Waals surface area contributed by atoms with Crippen LogP contribution in [-0.4, -0.2) is 38.5 Å². The third-order valence-electron chi connectivity index (χ3n) is 4.83. The van der Waals surface area contributed by atoms with Gasteiger partial charge in [-0.05, 0) is 49.6 Å². The van der Waals surface area contributed by atoms with Crippen LogP contribution in [0.4, 0.5) is 11.4 Å². The normalized spacial score (nSPS) is 16.8. The van der Waals surface area contributed by atoms with Gasteiger partial charge in [0.05, 0.1) is 0 Å². The summed E-state index contributed by atoms with van der Waals surface area (Å²) in [5, 5.41) is 20.0. The fourth-order valence-corrected chi connectivity index (χ4v) is 3.67. The smallest absolute Gasteiger partial charge is 0.146 e. The Morgan fingerprint density at radius 1 is 1.28 bits per heavy atom. The predicted molar refractivity (Wildman–Crippen MR) is 106 cm³/mol. The maximum Gasteiger partial charge on any atom is 0.146 e. The first-order chi connectivity index (χ1) is 12.2. The number of aryl methyl sites for hydroxylation is 1. The van der Waals surface area contributed by atoms with Crippen LogP contribution in [0.3, 0.4) is 0 Å². The second kappa shape index (κ2) is 8.10. The first kappa shape index (κ1) is 17.4. The average molecular weight is 340 g/mol. The number of aromatic hydroxyl groups is 1. The van der Waals surface area contributed by atoms with Crippen LogP contribution in [0.5, 0.6) is 5.75 Å². The lowest BCUT2D eigenvalue weighted by molar-refractivity contribution is 0.462. The zero-order valence-electron chi connectivity index (χ0n) is 15.2. The summed E-state index contributed by atoms with van der Waals surface area (Å²) in [4.78, 5) is 2.44. The van der Waals surface area contributed by atoms with Crippen LogP contribution in [0.1, 0.15) is 30.4 Å². The van der Waals surface area contributed by atoms with Gasteiger partial charge in [-0.2, -0.15) is 5.10 Å². The second-order valence-corrected chi connectivity index (χ2v) is 6.56. The Hall–Kier alpha value is -2.43. The molecular formula is C20H28N4O. The van der Waals surface area contributed by atoms with Crippen molar-refractivity contribution < 1.29 is 5.11 Å². The highest BCUT2D eigenvalue weighted by atomic mass is 16.3. The largest absolute Gasteiger partial charge is 0.505 e. The van der Waals surface area contributed by atoms with E-state index in [1.54, 1.807) is 5.01 Å². The summed E-state index contributed by atoms with van der Waals surface area (Å²) in [5.41, 5.74) is 4.56. The Morgan fingerprint density at radius 3 is 2.88 bits per heavy atom. The minimum atomic E-state index is 0.400. The molecule has 0 fully saturated rings. The molecule has 0 radical (unpaired) electrons. The Balaban J connectivity index is 1.76. The molecule has 5 heteroatoms. The predicted octanol–water partition coefficient (Wildman–Crippen LogP) is 3.19. The molecule has 2 aliphatic rings. The average Bonchev–Trinajstić information content (AvgIpc) is 2.63. The Bertz CT molecular complexity index is 691. The molecule has 1 aromatic rings. The van der Waals surface area contributed by atoms with Gasteiger partial charge in [0.15, 0.2) is 0 Å². The standard InChI is InChI=1S/C20H28N4O/c1-21-11-5-3-4-6-12-22-23(2)18-15-16-9-7-13-24-14-8-10-17(19(16)24)20(18)25/h3-5,11-12,15,21,25H,6-10,13-14H2,1-2H3/b4-3-,11-5-,22-12+. The van der Waals surface area contributed by atoms with Crippen molar-refractivity contribution in [3.05, 3.63) is 41.6 Å². The fourth-order valence-electron chi connectivity index (χ4n) is 3.67. The van der Waals surface area contributed by atoms with Crippen LogP contribution >= 0.6 is 0 Å². The number of allylic oxidation sites excluding steroid dienone is 3. The highest BCUT2D eigenvalue weighted by Gasteiger charge is 2.28. The number of nitrogens with zero attached hydrogens (tertiary/aromatic N) is 3. The second-order valence-electron chi connectivity index (χ2n) is 6.56. The molecule has 0 spiro atoms. The number of hydrazone groups is 1. The van der Waals surface area contributed by atoms with E-state index in [1.165, 1.54) is 17.7 Å². The molecule has 5 nitrogen and oxygen atoms in total. The monoisotopic (exact) mass is 340 g/mol. The number of rotatable bonds is 6. The summed E-state index contributed by atoms with van der Waals surface area (Å²) in [6, 6.07) is 2.12. The summed E-state index contributed by atoms with van der Waals surface area (Å²) in [7, 11) is 3.77. The van der Waals surface area contributed by atoms with Crippen molar-refractivity contribution in [2.24, 2.45) is 5.10 Å². The highest BCUT2D eigenvalue weighted by Crippen LogP contribution is 2.45. The lowest BCUT2D eigenvalue weighted by Gasteiger charge is -2.38. The van der Waals surface area contributed by atoms with Crippen LogP contribution in [0, 0.1) is 0 Å². The maximum absolute atomic E-state index is 10.8. The first-order valence-corrected chi connectivity index (χ1v) is 9.10. The van der Waals surface area contributed by atoms with Crippen LogP contribution < -0.4 is 15.2 Å². The van der Waals surface area contributed by atoms with Crippen molar-refractivity contribution in [2.75, 3.05) is 37.1 Å². The summed E-state index contributed by atoms with van der Waals surface area (Å²) >= 11 is 0. The molecule has 0 amide bonds. The third-order valence-corrected chi connectivity index (χ3v) is 4.83. The Kier molecular flexibility index (Phi) is 5.64. The van der Waals surface area contributed by atoms with E-state index >= 15 is 0 Å². The summed E-state index contributed by atoms with van der Waals surface area (Å²) in [5.74, 6) is 0.400. The van der Waals surface area contributed by atoms with Crippen molar-refractivity contribution in [1.29, 1.82) is 0 Å². The van der Waals surface area contributed by atoms with Crippen molar-refractivity contribution in [3.63, 3.8) is 0 Å². The zero-order valence-corrected chi connectivity index (χ0v) is 15.2.